The van der Waals surface area contributed by atoms with Gasteiger partial charge in [0.1, 0.15) is 0 Å². The van der Waals surface area contributed by atoms with E-state index in [1.807, 2.05) is 16.7 Å². The number of ether oxygens (including phenoxy) is 1. The highest BCUT2D eigenvalue weighted by molar-refractivity contribution is 5.97. The molecule has 0 amide bonds. The predicted molar refractivity (Wildman–Crippen MR) is 73.1 cm³/mol. The van der Waals surface area contributed by atoms with Crippen molar-refractivity contribution in [2.75, 3.05) is 18.9 Å². The van der Waals surface area contributed by atoms with Crippen LogP contribution in [0.25, 0.3) is 11.0 Å². The van der Waals surface area contributed by atoms with E-state index in [-0.39, 0.29) is 5.78 Å². The molecule has 2 heterocycles. The van der Waals surface area contributed by atoms with E-state index in [0.717, 1.165) is 37.2 Å². The summed E-state index contributed by atoms with van der Waals surface area (Å²) in [6, 6.07) is 5.55. The first kappa shape index (κ1) is 12.2. The van der Waals surface area contributed by atoms with Crippen molar-refractivity contribution in [2.45, 2.75) is 19.9 Å². The second-order valence-electron chi connectivity index (χ2n) is 5.07. The van der Waals surface area contributed by atoms with Gasteiger partial charge in [-0.05, 0) is 31.5 Å². The summed E-state index contributed by atoms with van der Waals surface area (Å²) < 4.78 is 7.40. The lowest BCUT2D eigenvalue weighted by Gasteiger charge is -2.11. The van der Waals surface area contributed by atoms with Crippen LogP contribution in [0.1, 0.15) is 23.7 Å². The number of nitrogen functional groups attached to an aromatic ring is 1. The third-order valence-electron chi connectivity index (χ3n) is 3.65. The molecule has 100 valence electrons. The summed E-state index contributed by atoms with van der Waals surface area (Å²) >= 11 is 0. The van der Waals surface area contributed by atoms with Crippen LogP contribution in [0.5, 0.6) is 0 Å². The third-order valence-corrected chi connectivity index (χ3v) is 3.65. The van der Waals surface area contributed by atoms with E-state index in [4.69, 9.17) is 10.5 Å². The summed E-state index contributed by atoms with van der Waals surface area (Å²) in [5.74, 6) is 1.04. The number of rotatable bonds is 3. The standard InChI is InChI=1S/C14H17N3O2/c1-9(18)11-2-3-13-12(6-11)16-14(15)17(13)7-10-4-5-19-8-10/h2-3,6,10H,4-5,7-8H2,1H3,(H2,15,16). The number of anilines is 1. The summed E-state index contributed by atoms with van der Waals surface area (Å²) in [4.78, 5) is 15.7. The van der Waals surface area contributed by atoms with Gasteiger partial charge in [-0.25, -0.2) is 4.98 Å². The molecule has 0 radical (unpaired) electrons. The summed E-state index contributed by atoms with van der Waals surface area (Å²) in [5.41, 5.74) is 8.41. The maximum atomic E-state index is 11.4. The second kappa shape index (κ2) is 4.66. The fourth-order valence-corrected chi connectivity index (χ4v) is 2.54. The molecule has 1 atom stereocenters. The molecule has 1 unspecified atom stereocenters. The van der Waals surface area contributed by atoms with E-state index >= 15 is 0 Å². The number of carbonyl (C=O) groups excluding carboxylic acids is 1. The molecule has 0 saturated carbocycles. The molecule has 0 aliphatic carbocycles. The minimum absolute atomic E-state index is 0.0409. The molecule has 0 spiro atoms. The molecule has 5 nitrogen and oxygen atoms in total. The van der Waals surface area contributed by atoms with E-state index in [1.165, 1.54) is 0 Å². The number of ketones is 1. The number of fused-ring (bicyclic) bond motifs is 1. The molecule has 0 bridgehead atoms. The highest BCUT2D eigenvalue weighted by atomic mass is 16.5. The summed E-state index contributed by atoms with van der Waals surface area (Å²) in [7, 11) is 0. The highest BCUT2D eigenvalue weighted by Gasteiger charge is 2.19. The topological polar surface area (TPSA) is 70.1 Å². The quantitative estimate of drug-likeness (QED) is 0.854. The Morgan fingerprint density at radius 3 is 3.11 bits per heavy atom. The maximum Gasteiger partial charge on any atom is 0.201 e. The fourth-order valence-electron chi connectivity index (χ4n) is 2.54. The van der Waals surface area contributed by atoms with Gasteiger partial charge in [0.15, 0.2) is 5.78 Å². The largest absolute Gasteiger partial charge is 0.381 e. The molecule has 1 aliphatic rings. The number of Topliss-reactive ketones (excluding diaryl/α,β-unsaturated/α-hetero) is 1. The Morgan fingerprint density at radius 2 is 2.42 bits per heavy atom. The van der Waals surface area contributed by atoms with Gasteiger partial charge in [-0.1, -0.05) is 0 Å². The molecule has 1 aromatic carbocycles. The van der Waals surface area contributed by atoms with Crippen molar-refractivity contribution in [3.05, 3.63) is 23.8 Å². The molecule has 2 aromatic rings. The van der Waals surface area contributed by atoms with Crippen molar-refractivity contribution < 1.29 is 9.53 Å². The average molecular weight is 259 g/mol. The number of hydrogen-bond acceptors (Lipinski definition) is 4. The fraction of sp³-hybridized carbons (Fsp3) is 0.429. The van der Waals surface area contributed by atoms with Crippen LogP contribution in [0, 0.1) is 5.92 Å². The Labute approximate surface area is 111 Å². The molecule has 5 heteroatoms. The number of imidazole rings is 1. The number of benzene rings is 1. The zero-order valence-electron chi connectivity index (χ0n) is 10.9. The summed E-state index contributed by atoms with van der Waals surface area (Å²) in [6.07, 6.45) is 1.06. The Kier molecular flexibility index (Phi) is 2.98. The van der Waals surface area contributed by atoms with Crippen molar-refractivity contribution in [1.82, 2.24) is 9.55 Å². The number of carbonyl (C=O) groups is 1. The van der Waals surface area contributed by atoms with Crippen molar-refractivity contribution in [3.63, 3.8) is 0 Å². The van der Waals surface area contributed by atoms with Gasteiger partial charge in [0.2, 0.25) is 5.95 Å². The molecule has 1 fully saturated rings. The van der Waals surface area contributed by atoms with Crippen LogP contribution in [0.3, 0.4) is 0 Å². The van der Waals surface area contributed by atoms with Gasteiger partial charge in [-0.2, -0.15) is 0 Å². The minimum atomic E-state index is 0.0409. The molecular weight excluding hydrogens is 242 g/mol. The van der Waals surface area contributed by atoms with Gasteiger partial charge >= 0.3 is 0 Å². The van der Waals surface area contributed by atoms with Crippen molar-refractivity contribution in [2.24, 2.45) is 5.92 Å². The van der Waals surface area contributed by atoms with Gasteiger partial charge < -0.3 is 15.0 Å². The number of nitrogens with zero attached hydrogens (tertiary/aromatic N) is 2. The monoisotopic (exact) mass is 259 g/mol. The summed E-state index contributed by atoms with van der Waals surface area (Å²) in [6.45, 7) is 3.98. The smallest absolute Gasteiger partial charge is 0.201 e. The van der Waals surface area contributed by atoms with E-state index in [2.05, 4.69) is 4.98 Å². The number of aromatic nitrogens is 2. The van der Waals surface area contributed by atoms with E-state index in [9.17, 15) is 4.79 Å². The van der Waals surface area contributed by atoms with Crippen LogP contribution < -0.4 is 5.73 Å². The predicted octanol–water partition coefficient (Wildman–Crippen LogP) is 1.86. The van der Waals surface area contributed by atoms with Gasteiger partial charge in [0.25, 0.3) is 0 Å². The molecule has 3 rings (SSSR count). The van der Waals surface area contributed by atoms with Crippen LogP contribution >= 0.6 is 0 Å². The normalized spacial score (nSPS) is 19.1. The highest BCUT2D eigenvalue weighted by Crippen LogP contribution is 2.23. The minimum Gasteiger partial charge on any atom is -0.381 e. The maximum absolute atomic E-state index is 11.4. The Hall–Kier alpha value is -1.88. The van der Waals surface area contributed by atoms with Crippen LogP contribution in [-0.2, 0) is 11.3 Å². The van der Waals surface area contributed by atoms with Crippen LogP contribution in [0.2, 0.25) is 0 Å². The lowest BCUT2D eigenvalue weighted by Crippen LogP contribution is -2.12. The molecule has 2 N–H and O–H groups in total. The molecule has 1 aromatic heterocycles. The van der Waals surface area contributed by atoms with Crippen LogP contribution in [-0.4, -0.2) is 28.5 Å². The molecular formula is C14H17N3O2. The van der Waals surface area contributed by atoms with Crippen LogP contribution in [0.4, 0.5) is 5.95 Å². The molecule has 1 saturated heterocycles. The Balaban J connectivity index is 1.99. The number of hydrogen-bond donors (Lipinski definition) is 1. The zero-order valence-corrected chi connectivity index (χ0v) is 10.9. The van der Waals surface area contributed by atoms with E-state index in [1.54, 1.807) is 13.0 Å². The molecule has 19 heavy (non-hydrogen) atoms. The zero-order chi connectivity index (χ0) is 13.4. The average Bonchev–Trinajstić information content (AvgIpc) is 2.98. The van der Waals surface area contributed by atoms with Crippen molar-refractivity contribution in [1.29, 1.82) is 0 Å². The molecule has 1 aliphatic heterocycles. The summed E-state index contributed by atoms with van der Waals surface area (Å²) in [5, 5.41) is 0. The van der Waals surface area contributed by atoms with Gasteiger partial charge in [0.05, 0.1) is 17.6 Å². The lowest BCUT2D eigenvalue weighted by atomic mass is 10.1. The van der Waals surface area contributed by atoms with Crippen molar-refractivity contribution >= 4 is 22.8 Å². The third kappa shape index (κ3) is 2.21. The first-order chi connectivity index (χ1) is 9.15. The van der Waals surface area contributed by atoms with Crippen LogP contribution in [0.15, 0.2) is 18.2 Å². The lowest BCUT2D eigenvalue weighted by molar-refractivity contribution is 0.101. The Morgan fingerprint density at radius 1 is 1.58 bits per heavy atom. The first-order valence-corrected chi connectivity index (χ1v) is 6.49. The van der Waals surface area contributed by atoms with Gasteiger partial charge in [-0.15, -0.1) is 0 Å². The van der Waals surface area contributed by atoms with Crippen molar-refractivity contribution in [3.8, 4) is 0 Å². The van der Waals surface area contributed by atoms with E-state index < -0.39 is 0 Å². The first-order valence-electron chi connectivity index (χ1n) is 6.49. The van der Waals surface area contributed by atoms with Gasteiger partial charge in [0, 0.05) is 24.6 Å². The Bertz CT molecular complexity index is 627. The SMILES string of the molecule is CC(=O)c1ccc2c(c1)nc(N)n2CC1CCOC1. The van der Waals surface area contributed by atoms with Gasteiger partial charge in [-0.3, -0.25) is 4.79 Å². The second-order valence-corrected chi connectivity index (χ2v) is 5.07. The number of nitrogens with two attached hydrogens (primary N) is 1. The van der Waals surface area contributed by atoms with E-state index in [0.29, 0.717) is 17.4 Å².